The number of hydrogen-bond acceptors (Lipinski definition) is 6. The zero-order chi connectivity index (χ0) is 15.5. The molecule has 0 aliphatic rings. The van der Waals surface area contributed by atoms with E-state index in [2.05, 4.69) is 0 Å². The average molecular weight is 462 g/mol. The molecule has 0 radical (unpaired) electrons. The molecule has 0 unspecified atom stereocenters. The first-order valence-electron chi connectivity index (χ1n) is 3.32. The van der Waals surface area contributed by atoms with E-state index >= 15 is 0 Å². The Morgan fingerprint density at radius 1 is 0.368 bits per heavy atom. The molecule has 0 aromatic rings. The summed E-state index contributed by atoms with van der Waals surface area (Å²) in [4.78, 5) is 54.6. The van der Waals surface area contributed by atoms with E-state index in [4.69, 9.17) is 59.4 Å². The fourth-order valence-corrected chi connectivity index (χ4v) is 0. The second kappa shape index (κ2) is 13.5. The van der Waals surface area contributed by atoms with E-state index in [1.54, 1.807) is 0 Å². The van der Waals surface area contributed by atoms with Crippen LogP contribution in [0.1, 0.15) is 0 Å². The normalized spacial score (nSPS) is 6.95. The third-order valence-corrected chi connectivity index (χ3v) is 0.549. The molecule has 0 spiro atoms. The summed E-state index contributed by atoms with van der Waals surface area (Å²) in [6, 6.07) is 0. The molecule has 0 saturated carbocycles. The zero-order valence-corrected chi connectivity index (χ0v) is 10.9. The maximum atomic E-state index is 9.10. The van der Waals surface area contributed by atoms with Crippen molar-refractivity contribution in [2.45, 2.75) is 0 Å². The summed E-state index contributed by atoms with van der Waals surface area (Å²) in [7, 11) is 0. The van der Waals surface area contributed by atoms with Gasteiger partial charge in [0.1, 0.15) is 0 Å². The molecule has 0 aliphatic carbocycles. The summed E-state index contributed by atoms with van der Waals surface area (Å²) in [6.07, 6.45) is 0. The van der Waals surface area contributed by atoms with Crippen LogP contribution >= 0.6 is 0 Å². The second-order valence-corrected chi connectivity index (χ2v) is 1.83. The van der Waals surface area contributed by atoms with Crippen LogP contribution in [0.15, 0.2) is 0 Å². The standard InChI is InChI=1S/3C2H2O4.Ir/c3*3-1(4)2(5)6;/h3*(H,3,4)(H,5,6);/q;;;+3. The van der Waals surface area contributed by atoms with Crippen molar-refractivity contribution < 1.29 is 79.5 Å². The van der Waals surface area contributed by atoms with Gasteiger partial charge in [-0.3, -0.25) is 0 Å². The van der Waals surface area contributed by atoms with Crippen LogP contribution in [0.25, 0.3) is 0 Å². The van der Waals surface area contributed by atoms with Gasteiger partial charge in [0, 0.05) is 0 Å². The third-order valence-electron chi connectivity index (χ3n) is 0.549. The Morgan fingerprint density at radius 2 is 0.421 bits per heavy atom. The first-order chi connectivity index (χ1) is 7.93. The molecule has 0 aromatic carbocycles. The summed E-state index contributed by atoms with van der Waals surface area (Å²) in [5, 5.41) is 44.3. The molecule has 19 heavy (non-hydrogen) atoms. The molecule has 6 N–H and O–H groups in total. The molecule has 0 rings (SSSR count). The Labute approximate surface area is 116 Å². The zero-order valence-electron chi connectivity index (χ0n) is 8.47. The van der Waals surface area contributed by atoms with Crippen molar-refractivity contribution in [1.29, 1.82) is 0 Å². The van der Waals surface area contributed by atoms with E-state index in [-0.39, 0.29) is 20.1 Å². The third kappa shape index (κ3) is 31.3. The fourth-order valence-electron chi connectivity index (χ4n) is 0. The average Bonchev–Trinajstić information content (AvgIpc) is 2.18. The maximum Gasteiger partial charge on any atom is 3.00 e. The van der Waals surface area contributed by atoms with E-state index in [1.165, 1.54) is 0 Å². The van der Waals surface area contributed by atoms with Crippen molar-refractivity contribution in [1.82, 2.24) is 0 Å². The van der Waals surface area contributed by atoms with Gasteiger partial charge in [0.2, 0.25) is 0 Å². The Hall–Kier alpha value is -2.53. The molecule has 0 aliphatic heterocycles. The number of aliphatic carboxylic acids is 6. The van der Waals surface area contributed by atoms with Gasteiger partial charge >= 0.3 is 55.9 Å². The molecule has 0 fully saturated rings. The smallest absolute Gasteiger partial charge is 0.473 e. The van der Waals surface area contributed by atoms with Crippen molar-refractivity contribution in [2.75, 3.05) is 0 Å². The van der Waals surface area contributed by atoms with Crippen molar-refractivity contribution in [2.24, 2.45) is 0 Å². The number of carboxylic acid groups (broad SMARTS) is 6. The van der Waals surface area contributed by atoms with Gasteiger partial charge in [0.05, 0.1) is 0 Å². The van der Waals surface area contributed by atoms with Crippen LogP contribution in [-0.2, 0) is 48.9 Å². The van der Waals surface area contributed by atoms with Crippen molar-refractivity contribution in [3.05, 3.63) is 0 Å². The molecule has 0 atom stereocenters. The van der Waals surface area contributed by atoms with Gasteiger partial charge in [-0.15, -0.1) is 0 Å². The first kappa shape index (κ1) is 25.3. The van der Waals surface area contributed by atoms with E-state index in [0.29, 0.717) is 0 Å². The van der Waals surface area contributed by atoms with Crippen molar-refractivity contribution in [3.63, 3.8) is 0 Å². The molecule has 0 aromatic heterocycles. The molecule has 13 heteroatoms. The Balaban J connectivity index is -0.0000000865. The van der Waals surface area contributed by atoms with Gasteiger partial charge in [0.15, 0.2) is 0 Å². The molecule has 0 heterocycles. The molecular formula is C6H6IrO12+3. The van der Waals surface area contributed by atoms with Crippen molar-refractivity contribution in [3.8, 4) is 0 Å². The minimum Gasteiger partial charge on any atom is -0.473 e. The Morgan fingerprint density at radius 3 is 0.421 bits per heavy atom. The van der Waals surface area contributed by atoms with Gasteiger partial charge in [-0.25, -0.2) is 28.8 Å². The number of carboxylic acids is 6. The predicted molar refractivity (Wildman–Crippen MR) is 45.8 cm³/mol. The molecule has 0 bridgehead atoms. The number of carbonyl (C=O) groups is 6. The summed E-state index contributed by atoms with van der Waals surface area (Å²) >= 11 is 0. The van der Waals surface area contributed by atoms with Gasteiger partial charge in [-0.2, -0.15) is 0 Å². The Bertz CT molecular complexity index is 277. The number of rotatable bonds is 0. The van der Waals surface area contributed by atoms with Crippen LogP contribution in [0.4, 0.5) is 0 Å². The predicted octanol–water partition coefficient (Wildman–Crippen LogP) is -2.54. The van der Waals surface area contributed by atoms with Crippen LogP contribution in [0, 0.1) is 0 Å². The topological polar surface area (TPSA) is 224 Å². The minimum absolute atomic E-state index is 0. The molecular weight excluding hydrogens is 456 g/mol. The Kier molecular flexibility index (Phi) is 18.1. The van der Waals surface area contributed by atoms with E-state index in [9.17, 15) is 0 Å². The van der Waals surface area contributed by atoms with E-state index in [0.717, 1.165) is 0 Å². The maximum absolute atomic E-state index is 9.10. The summed E-state index contributed by atoms with van der Waals surface area (Å²) in [5.41, 5.74) is 0. The first-order valence-corrected chi connectivity index (χ1v) is 3.32. The van der Waals surface area contributed by atoms with Gasteiger partial charge in [0.25, 0.3) is 0 Å². The minimum atomic E-state index is -1.82. The summed E-state index contributed by atoms with van der Waals surface area (Å²) in [6.45, 7) is 0. The van der Waals surface area contributed by atoms with Crippen LogP contribution < -0.4 is 0 Å². The van der Waals surface area contributed by atoms with E-state index < -0.39 is 35.8 Å². The van der Waals surface area contributed by atoms with Gasteiger partial charge in [-0.1, -0.05) is 0 Å². The molecule has 0 saturated heterocycles. The van der Waals surface area contributed by atoms with Crippen LogP contribution in [0.3, 0.4) is 0 Å². The summed E-state index contributed by atoms with van der Waals surface area (Å²) in [5.74, 6) is -10.9. The molecule has 12 nitrogen and oxygen atoms in total. The molecule has 0 amide bonds. The van der Waals surface area contributed by atoms with Crippen LogP contribution in [0.2, 0.25) is 0 Å². The quantitative estimate of drug-likeness (QED) is 0.205. The fraction of sp³-hybridized carbons (Fsp3) is 0. The summed E-state index contributed by atoms with van der Waals surface area (Å²) < 4.78 is 0. The van der Waals surface area contributed by atoms with Gasteiger partial charge < -0.3 is 30.6 Å². The number of hydrogen-bond donors (Lipinski definition) is 6. The second-order valence-electron chi connectivity index (χ2n) is 1.83. The molecule has 108 valence electrons. The van der Waals surface area contributed by atoms with Crippen molar-refractivity contribution >= 4 is 35.8 Å². The van der Waals surface area contributed by atoms with Gasteiger partial charge in [-0.05, 0) is 0 Å². The van der Waals surface area contributed by atoms with E-state index in [1.807, 2.05) is 0 Å². The SMILES string of the molecule is O=C(O)C(=O)O.O=C(O)C(=O)O.O=C(O)C(=O)O.[Ir+3]. The van der Waals surface area contributed by atoms with Crippen LogP contribution in [0.5, 0.6) is 0 Å². The van der Waals surface area contributed by atoms with Crippen LogP contribution in [-0.4, -0.2) is 66.5 Å². The largest absolute Gasteiger partial charge is 3.00 e. The monoisotopic (exact) mass is 463 g/mol.